The molecule has 0 radical (unpaired) electrons. The van der Waals surface area contributed by atoms with Gasteiger partial charge in [0, 0.05) is 0 Å². The van der Waals surface area contributed by atoms with E-state index in [2.05, 4.69) is 19.1 Å². The summed E-state index contributed by atoms with van der Waals surface area (Å²) >= 11 is 6.13. The summed E-state index contributed by atoms with van der Waals surface area (Å²) in [5, 5.41) is 0. The monoisotopic (exact) mass is 316 g/mol. The van der Waals surface area contributed by atoms with Gasteiger partial charge in [0.15, 0.2) is 0 Å². The van der Waals surface area contributed by atoms with E-state index in [1.165, 1.54) is 58.5 Å². The van der Waals surface area contributed by atoms with Gasteiger partial charge < -0.3 is 4.74 Å². The van der Waals surface area contributed by atoms with E-state index < -0.39 is 4.87 Å². The predicted molar refractivity (Wildman–Crippen MR) is 91.9 cm³/mol. The van der Waals surface area contributed by atoms with Crippen LogP contribution in [-0.4, -0.2) is 18.0 Å². The zero-order valence-corrected chi connectivity index (χ0v) is 14.9. The number of ether oxygens (including phenoxy) is 1. The summed E-state index contributed by atoms with van der Waals surface area (Å²) in [4.78, 5) is 10.5. The van der Waals surface area contributed by atoms with Gasteiger partial charge in [-0.05, 0) is 39.0 Å². The molecule has 0 amide bonds. The minimum Gasteiger partial charge on any atom is -0.468 e. The highest BCUT2D eigenvalue weighted by atomic mass is 35.5. The van der Waals surface area contributed by atoms with E-state index in [0.29, 0.717) is 6.42 Å². The molecule has 0 heterocycles. The molecule has 0 saturated carbocycles. The Morgan fingerprint density at radius 1 is 1.00 bits per heavy atom. The van der Waals surface area contributed by atoms with Crippen molar-refractivity contribution in [2.75, 3.05) is 7.11 Å². The van der Waals surface area contributed by atoms with Gasteiger partial charge in [-0.3, -0.25) is 4.79 Å². The number of rotatable bonds is 13. The third kappa shape index (κ3) is 11.8. The van der Waals surface area contributed by atoms with Crippen LogP contribution in [0.5, 0.6) is 0 Å². The average Bonchev–Trinajstić information content (AvgIpc) is 2.47. The first-order valence-corrected chi connectivity index (χ1v) is 8.84. The Morgan fingerprint density at radius 2 is 1.52 bits per heavy atom. The number of halogens is 1. The summed E-state index contributed by atoms with van der Waals surface area (Å²) in [6, 6.07) is 0. The van der Waals surface area contributed by atoms with Gasteiger partial charge in [-0.2, -0.15) is 0 Å². The normalized spacial score (nSPS) is 14.3. The fourth-order valence-electron chi connectivity index (χ4n) is 2.31. The Labute approximate surface area is 136 Å². The van der Waals surface area contributed by atoms with Crippen LogP contribution in [0.25, 0.3) is 0 Å². The third-order valence-electron chi connectivity index (χ3n) is 3.77. The van der Waals surface area contributed by atoms with Gasteiger partial charge in [-0.15, -0.1) is 11.6 Å². The van der Waals surface area contributed by atoms with Crippen molar-refractivity contribution < 1.29 is 9.53 Å². The second-order valence-electron chi connectivity index (χ2n) is 5.96. The highest BCUT2D eigenvalue weighted by Gasteiger charge is 2.30. The lowest BCUT2D eigenvalue weighted by Crippen LogP contribution is -2.29. The van der Waals surface area contributed by atoms with Crippen LogP contribution in [0.2, 0.25) is 0 Å². The van der Waals surface area contributed by atoms with Crippen LogP contribution in [0.4, 0.5) is 0 Å². The molecule has 1 unspecified atom stereocenters. The maximum atomic E-state index is 11.4. The van der Waals surface area contributed by atoms with Gasteiger partial charge in [0.1, 0.15) is 4.87 Å². The highest BCUT2D eigenvalue weighted by Crippen LogP contribution is 2.24. The molecule has 2 nitrogen and oxygen atoms in total. The van der Waals surface area contributed by atoms with E-state index in [1.807, 2.05) is 0 Å². The van der Waals surface area contributed by atoms with Gasteiger partial charge in [0.05, 0.1) is 7.11 Å². The molecular weight excluding hydrogens is 284 g/mol. The lowest BCUT2D eigenvalue weighted by Gasteiger charge is -2.18. The molecule has 0 N–H and O–H groups in total. The second kappa shape index (κ2) is 13.2. The number of alkyl halides is 1. The molecule has 3 heteroatoms. The number of unbranched alkanes of at least 4 members (excludes halogenated alkanes) is 8. The third-order valence-corrected chi connectivity index (χ3v) is 4.11. The number of hydrogen-bond acceptors (Lipinski definition) is 2. The van der Waals surface area contributed by atoms with E-state index in [4.69, 9.17) is 16.3 Å². The lowest BCUT2D eigenvalue weighted by molar-refractivity contribution is -0.143. The maximum Gasteiger partial charge on any atom is 0.326 e. The number of allylic oxidation sites excluding steroid dienone is 2. The quantitative estimate of drug-likeness (QED) is 0.180. The van der Waals surface area contributed by atoms with E-state index in [9.17, 15) is 4.79 Å². The molecule has 0 aliphatic rings. The first-order valence-electron chi connectivity index (χ1n) is 8.47. The number of hydrogen-bond donors (Lipinski definition) is 0. The van der Waals surface area contributed by atoms with Crippen LogP contribution in [0.3, 0.4) is 0 Å². The van der Waals surface area contributed by atoms with Crippen molar-refractivity contribution in [3.05, 3.63) is 12.2 Å². The molecule has 1 atom stereocenters. The molecule has 0 aliphatic carbocycles. The molecule has 0 aliphatic heterocycles. The van der Waals surface area contributed by atoms with E-state index >= 15 is 0 Å². The van der Waals surface area contributed by atoms with Crippen LogP contribution in [0.15, 0.2) is 12.2 Å². The molecule has 0 fully saturated rings. The van der Waals surface area contributed by atoms with Gasteiger partial charge in [0.2, 0.25) is 0 Å². The van der Waals surface area contributed by atoms with Gasteiger partial charge in [-0.1, -0.05) is 57.6 Å². The smallest absolute Gasteiger partial charge is 0.326 e. The molecule has 0 aromatic carbocycles. The summed E-state index contributed by atoms with van der Waals surface area (Å²) < 4.78 is 4.69. The largest absolute Gasteiger partial charge is 0.468 e. The minimum absolute atomic E-state index is 0.324. The highest BCUT2D eigenvalue weighted by molar-refractivity contribution is 6.33. The standard InChI is InChI=1S/C18H33ClO2/c1-4-5-6-7-8-9-10-11-12-13-14-15-16-18(2,19)17(20)21-3/h9-10H,4-8,11-16H2,1-3H3/b10-9-. The fourth-order valence-corrected chi connectivity index (χ4v) is 2.52. The average molecular weight is 317 g/mol. The Bertz CT molecular complexity index is 285. The van der Waals surface area contributed by atoms with E-state index in [0.717, 1.165) is 12.8 Å². The lowest BCUT2D eigenvalue weighted by atomic mass is 10.0. The van der Waals surface area contributed by atoms with E-state index in [1.54, 1.807) is 6.92 Å². The van der Waals surface area contributed by atoms with Crippen molar-refractivity contribution in [3.8, 4) is 0 Å². The van der Waals surface area contributed by atoms with E-state index in [-0.39, 0.29) is 5.97 Å². The Kier molecular flexibility index (Phi) is 12.9. The number of esters is 1. The van der Waals surface area contributed by atoms with Crippen LogP contribution in [0, 0.1) is 0 Å². The number of carbonyl (C=O) groups is 1. The van der Waals surface area contributed by atoms with Gasteiger partial charge in [-0.25, -0.2) is 0 Å². The molecule has 0 aromatic rings. The van der Waals surface area contributed by atoms with Crippen molar-refractivity contribution in [1.29, 1.82) is 0 Å². The molecule has 0 saturated heterocycles. The molecule has 0 rings (SSSR count). The van der Waals surface area contributed by atoms with Gasteiger partial charge in [0.25, 0.3) is 0 Å². The maximum absolute atomic E-state index is 11.4. The predicted octanol–water partition coefficient (Wildman–Crippen LogP) is 6.02. The molecule has 0 bridgehead atoms. The summed E-state index contributed by atoms with van der Waals surface area (Å²) in [5.74, 6) is -0.324. The molecular formula is C18H33ClO2. The Balaban J connectivity index is 3.40. The number of methoxy groups -OCH3 is 1. The van der Waals surface area contributed by atoms with Crippen molar-refractivity contribution in [1.82, 2.24) is 0 Å². The molecule has 0 aromatic heterocycles. The Morgan fingerprint density at radius 3 is 2.05 bits per heavy atom. The van der Waals surface area contributed by atoms with Crippen molar-refractivity contribution in [3.63, 3.8) is 0 Å². The van der Waals surface area contributed by atoms with Gasteiger partial charge >= 0.3 is 5.97 Å². The SMILES string of the molecule is CCCCCC/C=C\CCCCCCC(C)(Cl)C(=O)OC. The van der Waals surface area contributed by atoms with Crippen LogP contribution >= 0.6 is 11.6 Å². The fraction of sp³-hybridized carbons (Fsp3) is 0.833. The zero-order valence-electron chi connectivity index (χ0n) is 14.1. The molecule has 0 spiro atoms. The second-order valence-corrected chi connectivity index (χ2v) is 6.80. The van der Waals surface area contributed by atoms with Crippen molar-refractivity contribution in [2.45, 2.75) is 89.4 Å². The topological polar surface area (TPSA) is 26.3 Å². The van der Waals surface area contributed by atoms with Crippen molar-refractivity contribution in [2.24, 2.45) is 0 Å². The molecule has 124 valence electrons. The van der Waals surface area contributed by atoms with Crippen LogP contribution in [-0.2, 0) is 9.53 Å². The summed E-state index contributed by atoms with van der Waals surface area (Å²) in [5.41, 5.74) is 0. The zero-order chi connectivity index (χ0) is 16.0. The minimum atomic E-state index is -0.854. The summed E-state index contributed by atoms with van der Waals surface area (Å²) in [7, 11) is 1.39. The first-order chi connectivity index (χ1) is 10.0. The number of carbonyl (C=O) groups excluding carboxylic acids is 1. The molecule has 21 heavy (non-hydrogen) atoms. The van der Waals surface area contributed by atoms with Crippen molar-refractivity contribution >= 4 is 17.6 Å². The van der Waals surface area contributed by atoms with Crippen LogP contribution in [0.1, 0.15) is 84.5 Å². The van der Waals surface area contributed by atoms with Crippen LogP contribution < -0.4 is 0 Å². The summed E-state index contributed by atoms with van der Waals surface area (Å²) in [6.07, 6.45) is 17.6. The first kappa shape index (κ1) is 20.5. The Hall–Kier alpha value is -0.500. The summed E-state index contributed by atoms with van der Waals surface area (Å²) in [6.45, 7) is 3.98.